The number of thiophene rings is 1. The van der Waals surface area contributed by atoms with Crippen LogP contribution in [0.4, 0.5) is 4.39 Å². The molecular formula is C17H15FN2OS. The first-order valence-corrected chi connectivity index (χ1v) is 7.77. The molecule has 3 rings (SSSR count). The van der Waals surface area contributed by atoms with Crippen LogP contribution < -0.4 is 5.32 Å². The van der Waals surface area contributed by atoms with E-state index >= 15 is 0 Å². The first-order valence-electron chi connectivity index (χ1n) is 6.89. The fourth-order valence-electron chi connectivity index (χ4n) is 2.25. The summed E-state index contributed by atoms with van der Waals surface area (Å²) in [5.41, 5.74) is 3.06. The molecule has 0 unspecified atom stereocenters. The number of carbonyl (C=O) groups is 1. The maximum Gasteiger partial charge on any atom is 0.253 e. The highest BCUT2D eigenvalue weighted by Gasteiger charge is 2.13. The van der Waals surface area contributed by atoms with E-state index in [-0.39, 0.29) is 11.7 Å². The van der Waals surface area contributed by atoms with E-state index < -0.39 is 0 Å². The second-order valence-electron chi connectivity index (χ2n) is 4.99. The molecule has 0 saturated carbocycles. The molecule has 0 radical (unpaired) electrons. The number of aryl methyl sites for hydroxylation is 1. The smallest absolute Gasteiger partial charge is 0.253 e. The SMILES string of the molecule is Cc1[nH]c(-c2ccc(F)cc2)cc1C(=O)NCc1cccs1. The third-order valence-electron chi connectivity index (χ3n) is 3.42. The minimum atomic E-state index is -0.277. The second kappa shape index (κ2) is 6.15. The summed E-state index contributed by atoms with van der Waals surface area (Å²) in [6.07, 6.45) is 0. The van der Waals surface area contributed by atoms with E-state index in [2.05, 4.69) is 10.3 Å². The molecule has 0 spiro atoms. The number of rotatable bonds is 4. The minimum Gasteiger partial charge on any atom is -0.358 e. The van der Waals surface area contributed by atoms with Crippen LogP contribution in [0.1, 0.15) is 20.9 Å². The molecule has 2 N–H and O–H groups in total. The van der Waals surface area contributed by atoms with Crippen molar-refractivity contribution in [1.29, 1.82) is 0 Å². The van der Waals surface area contributed by atoms with Crippen LogP contribution in [0.5, 0.6) is 0 Å². The van der Waals surface area contributed by atoms with E-state index in [1.165, 1.54) is 12.1 Å². The van der Waals surface area contributed by atoms with Gasteiger partial charge in [-0.15, -0.1) is 11.3 Å². The topological polar surface area (TPSA) is 44.9 Å². The molecule has 2 aromatic heterocycles. The van der Waals surface area contributed by atoms with Crippen molar-refractivity contribution >= 4 is 17.2 Å². The van der Waals surface area contributed by atoms with Crippen LogP contribution in [-0.4, -0.2) is 10.9 Å². The summed E-state index contributed by atoms with van der Waals surface area (Å²) in [4.78, 5) is 16.6. The van der Waals surface area contributed by atoms with Crippen LogP contribution in [0.25, 0.3) is 11.3 Å². The number of aromatic nitrogens is 1. The van der Waals surface area contributed by atoms with E-state index in [0.717, 1.165) is 21.8 Å². The fraction of sp³-hybridized carbons (Fsp3) is 0.118. The van der Waals surface area contributed by atoms with E-state index in [0.29, 0.717) is 12.1 Å². The van der Waals surface area contributed by atoms with Crippen molar-refractivity contribution < 1.29 is 9.18 Å². The largest absolute Gasteiger partial charge is 0.358 e. The van der Waals surface area contributed by atoms with Gasteiger partial charge in [-0.25, -0.2) is 4.39 Å². The van der Waals surface area contributed by atoms with Gasteiger partial charge in [0.1, 0.15) is 5.82 Å². The molecule has 1 amide bonds. The zero-order valence-corrected chi connectivity index (χ0v) is 12.8. The number of hydrogen-bond acceptors (Lipinski definition) is 2. The average molecular weight is 314 g/mol. The number of amides is 1. The van der Waals surface area contributed by atoms with Crippen LogP contribution in [0.3, 0.4) is 0 Å². The second-order valence-corrected chi connectivity index (χ2v) is 6.02. The Bertz CT molecular complexity index is 776. The molecule has 0 saturated heterocycles. The number of H-pyrrole nitrogens is 1. The molecular weight excluding hydrogens is 299 g/mol. The number of hydrogen-bond donors (Lipinski definition) is 2. The molecule has 0 bridgehead atoms. The fourth-order valence-corrected chi connectivity index (χ4v) is 2.90. The maximum absolute atomic E-state index is 13.0. The Labute approximate surface area is 131 Å². The Hall–Kier alpha value is -2.40. The van der Waals surface area contributed by atoms with Crippen LogP contribution in [0, 0.1) is 12.7 Å². The highest BCUT2D eigenvalue weighted by Crippen LogP contribution is 2.22. The van der Waals surface area contributed by atoms with Crippen molar-refractivity contribution in [3.63, 3.8) is 0 Å². The van der Waals surface area contributed by atoms with Crippen molar-refractivity contribution in [3.05, 3.63) is 69.8 Å². The summed E-state index contributed by atoms with van der Waals surface area (Å²) < 4.78 is 13.0. The molecule has 2 heterocycles. The summed E-state index contributed by atoms with van der Waals surface area (Å²) >= 11 is 1.61. The minimum absolute atomic E-state index is 0.115. The van der Waals surface area contributed by atoms with Gasteiger partial charge in [-0.2, -0.15) is 0 Å². The van der Waals surface area contributed by atoms with E-state index in [4.69, 9.17) is 0 Å². The molecule has 5 heteroatoms. The molecule has 0 fully saturated rings. The first-order chi connectivity index (χ1) is 10.6. The molecule has 0 atom stereocenters. The molecule has 0 aliphatic rings. The Morgan fingerprint density at radius 1 is 1.27 bits per heavy atom. The van der Waals surface area contributed by atoms with Crippen LogP contribution in [0.15, 0.2) is 47.8 Å². The third kappa shape index (κ3) is 3.09. The Kier molecular flexibility index (Phi) is 4.06. The van der Waals surface area contributed by atoms with Crippen molar-refractivity contribution in [3.8, 4) is 11.3 Å². The van der Waals surface area contributed by atoms with Crippen LogP contribution in [-0.2, 0) is 6.54 Å². The lowest BCUT2D eigenvalue weighted by atomic mass is 10.1. The molecule has 0 aliphatic heterocycles. The van der Waals surface area contributed by atoms with Crippen LogP contribution in [0.2, 0.25) is 0 Å². The van der Waals surface area contributed by atoms with Gasteiger partial charge in [-0.1, -0.05) is 6.07 Å². The summed E-state index contributed by atoms with van der Waals surface area (Å²) in [5, 5.41) is 4.89. The van der Waals surface area contributed by atoms with E-state index in [1.807, 2.05) is 24.4 Å². The number of carbonyl (C=O) groups excluding carboxylic acids is 1. The number of aromatic amines is 1. The summed E-state index contributed by atoms with van der Waals surface area (Å²) in [6.45, 7) is 2.38. The molecule has 3 aromatic rings. The van der Waals surface area contributed by atoms with Gasteiger partial charge < -0.3 is 10.3 Å². The van der Waals surface area contributed by atoms with Gasteiger partial charge in [-0.05, 0) is 54.3 Å². The van der Waals surface area contributed by atoms with Crippen molar-refractivity contribution in [2.24, 2.45) is 0 Å². The lowest BCUT2D eigenvalue weighted by molar-refractivity contribution is 0.0951. The van der Waals surface area contributed by atoms with Crippen LogP contribution >= 0.6 is 11.3 Å². The quantitative estimate of drug-likeness (QED) is 0.747. The molecule has 112 valence electrons. The average Bonchev–Trinajstić information content (AvgIpc) is 3.15. The molecule has 0 aliphatic carbocycles. The summed E-state index contributed by atoms with van der Waals surface area (Å²) in [7, 11) is 0. The highest BCUT2D eigenvalue weighted by molar-refractivity contribution is 7.09. The predicted molar refractivity (Wildman–Crippen MR) is 86.4 cm³/mol. The molecule has 22 heavy (non-hydrogen) atoms. The Morgan fingerprint density at radius 3 is 2.73 bits per heavy atom. The third-order valence-corrected chi connectivity index (χ3v) is 4.29. The first kappa shape index (κ1) is 14.5. The molecule has 3 nitrogen and oxygen atoms in total. The summed E-state index contributed by atoms with van der Waals surface area (Å²) in [6, 6.07) is 11.9. The van der Waals surface area contributed by atoms with E-state index in [9.17, 15) is 9.18 Å². The van der Waals surface area contributed by atoms with Gasteiger partial charge in [0, 0.05) is 16.3 Å². The number of halogens is 1. The van der Waals surface area contributed by atoms with Gasteiger partial charge in [0.2, 0.25) is 0 Å². The number of benzene rings is 1. The van der Waals surface area contributed by atoms with Gasteiger partial charge in [0.05, 0.1) is 12.1 Å². The monoisotopic (exact) mass is 314 g/mol. The normalized spacial score (nSPS) is 10.6. The zero-order valence-electron chi connectivity index (χ0n) is 12.0. The predicted octanol–water partition coefficient (Wildman–Crippen LogP) is 4.12. The van der Waals surface area contributed by atoms with E-state index in [1.54, 1.807) is 29.5 Å². The summed E-state index contributed by atoms with van der Waals surface area (Å²) in [5.74, 6) is -0.392. The number of nitrogens with one attached hydrogen (secondary N) is 2. The van der Waals surface area contributed by atoms with Gasteiger partial charge in [0.15, 0.2) is 0 Å². The lowest BCUT2D eigenvalue weighted by Crippen LogP contribution is -2.22. The van der Waals surface area contributed by atoms with Crippen molar-refractivity contribution in [1.82, 2.24) is 10.3 Å². The standard InChI is InChI=1S/C17H15FN2OS/c1-11-15(17(21)19-10-14-3-2-8-22-14)9-16(20-11)12-4-6-13(18)7-5-12/h2-9,20H,10H2,1H3,(H,19,21). The molecule has 1 aromatic carbocycles. The van der Waals surface area contributed by atoms with Gasteiger partial charge >= 0.3 is 0 Å². The Balaban J connectivity index is 1.76. The zero-order chi connectivity index (χ0) is 15.5. The lowest BCUT2D eigenvalue weighted by Gasteiger charge is -2.02. The maximum atomic E-state index is 13.0. The Morgan fingerprint density at radius 2 is 2.05 bits per heavy atom. The van der Waals surface area contributed by atoms with Crippen molar-refractivity contribution in [2.75, 3.05) is 0 Å². The van der Waals surface area contributed by atoms with Gasteiger partial charge in [0.25, 0.3) is 5.91 Å². The highest BCUT2D eigenvalue weighted by atomic mass is 32.1. The van der Waals surface area contributed by atoms with Gasteiger partial charge in [-0.3, -0.25) is 4.79 Å². The van der Waals surface area contributed by atoms with Crippen molar-refractivity contribution in [2.45, 2.75) is 13.5 Å².